The molecular formula is C29H25Cl2N5O4. The minimum atomic E-state index is -1.41. The smallest absolute Gasteiger partial charge is 0.328 e. The molecule has 1 aromatic heterocycles. The molecule has 1 heterocycles. The van der Waals surface area contributed by atoms with Crippen molar-refractivity contribution in [1.82, 2.24) is 25.5 Å². The van der Waals surface area contributed by atoms with Gasteiger partial charge in [0.2, 0.25) is 0 Å². The Morgan fingerprint density at radius 3 is 2.45 bits per heavy atom. The molecule has 40 heavy (non-hydrogen) atoms. The lowest BCUT2D eigenvalue weighted by atomic mass is 10.1. The van der Waals surface area contributed by atoms with Crippen LogP contribution in [0.5, 0.6) is 0 Å². The van der Waals surface area contributed by atoms with Crippen LogP contribution in [0.15, 0.2) is 79.3 Å². The molecule has 4 aromatic rings. The number of imidazole rings is 1. The van der Waals surface area contributed by atoms with Gasteiger partial charge in [-0.3, -0.25) is 4.79 Å². The van der Waals surface area contributed by atoms with Gasteiger partial charge < -0.3 is 25.6 Å². The summed E-state index contributed by atoms with van der Waals surface area (Å²) in [7, 11) is 0. The molecule has 4 N–H and O–H groups in total. The van der Waals surface area contributed by atoms with Crippen molar-refractivity contribution in [3.05, 3.63) is 106 Å². The number of aliphatic carboxylic acids is 1. The molecule has 1 unspecified atom stereocenters. The first kappa shape index (κ1) is 27.2. The molecule has 3 amide bonds. The van der Waals surface area contributed by atoms with Crippen LogP contribution >= 0.6 is 23.2 Å². The summed E-state index contributed by atoms with van der Waals surface area (Å²) in [5.74, 6) is -2.10. The number of nitrogens with one attached hydrogen (secondary N) is 3. The molecule has 2 atom stereocenters. The van der Waals surface area contributed by atoms with E-state index in [2.05, 4.69) is 20.9 Å². The molecule has 204 valence electrons. The van der Waals surface area contributed by atoms with Gasteiger partial charge in [-0.05, 0) is 36.1 Å². The van der Waals surface area contributed by atoms with Crippen LogP contribution in [0.4, 0.5) is 4.79 Å². The maximum Gasteiger partial charge on any atom is 0.328 e. The van der Waals surface area contributed by atoms with Crippen LogP contribution in [-0.2, 0) is 11.2 Å². The average molecular weight is 578 g/mol. The van der Waals surface area contributed by atoms with Crippen molar-refractivity contribution in [2.45, 2.75) is 24.9 Å². The Labute approximate surface area is 240 Å². The number of amides is 3. The largest absolute Gasteiger partial charge is 0.480 e. The van der Waals surface area contributed by atoms with Crippen LogP contribution in [0.2, 0.25) is 10.0 Å². The van der Waals surface area contributed by atoms with E-state index in [1.165, 1.54) is 5.56 Å². The number of carbonyl (C=O) groups is 3. The van der Waals surface area contributed by atoms with Gasteiger partial charge in [-0.15, -0.1) is 0 Å². The third-order valence-electron chi connectivity index (χ3n) is 6.71. The zero-order chi connectivity index (χ0) is 28.2. The lowest BCUT2D eigenvalue weighted by Crippen LogP contribution is -2.50. The molecule has 11 heteroatoms. The van der Waals surface area contributed by atoms with Gasteiger partial charge in [-0.2, -0.15) is 0 Å². The van der Waals surface area contributed by atoms with E-state index in [0.29, 0.717) is 5.69 Å². The molecule has 0 saturated carbocycles. The number of nitrogens with zero attached hydrogens (tertiary/aromatic N) is 2. The molecular weight excluding hydrogens is 553 g/mol. The molecule has 0 bridgehead atoms. The normalized spacial score (nSPS) is 14.7. The molecule has 5 rings (SSSR count). The first-order chi connectivity index (χ1) is 19.3. The average Bonchev–Trinajstić information content (AvgIpc) is 3.59. The Bertz CT molecular complexity index is 1550. The predicted octanol–water partition coefficient (Wildman–Crippen LogP) is 5.02. The predicted molar refractivity (Wildman–Crippen MR) is 152 cm³/mol. The maximum absolute atomic E-state index is 13.0. The highest BCUT2D eigenvalue weighted by Gasteiger charge is 2.27. The van der Waals surface area contributed by atoms with Crippen LogP contribution in [0.1, 0.15) is 33.9 Å². The van der Waals surface area contributed by atoms with E-state index in [1.54, 1.807) is 29.2 Å². The van der Waals surface area contributed by atoms with Crippen LogP contribution in [0, 0.1) is 0 Å². The topological polar surface area (TPSA) is 125 Å². The first-order valence-corrected chi connectivity index (χ1v) is 13.3. The number of carboxylic acid groups (broad SMARTS) is 1. The van der Waals surface area contributed by atoms with E-state index < -0.39 is 23.9 Å². The standard InChI is InChI=1S/C29H25Cl2N5O4/c30-21-12-19(36-15-25(33-16-36)18-7-2-1-3-8-18)13-22(31)26(21)27(37)34-24(28(38)39)14-32-29(40)35-23-11-10-17-6-4-5-9-20(17)23/h1-9,12-13,15-16,23-24H,10-11,14H2,(H,34,37)(H,38,39)(H2,32,35,40)/t23-,24?/m1/s1. The zero-order valence-electron chi connectivity index (χ0n) is 21.1. The molecule has 0 aliphatic heterocycles. The van der Waals surface area contributed by atoms with E-state index in [0.717, 1.165) is 29.7 Å². The van der Waals surface area contributed by atoms with Gasteiger partial charge in [-0.1, -0.05) is 77.8 Å². The number of hydrogen-bond acceptors (Lipinski definition) is 4. The second-order valence-corrected chi connectivity index (χ2v) is 10.1. The second-order valence-electron chi connectivity index (χ2n) is 9.33. The number of hydrogen-bond donors (Lipinski definition) is 4. The molecule has 0 saturated heterocycles. The van der Waals surface area contributed by atoms with Crippen molar-refractivity contribution in [3.8, 4) is 16.9 Å². The minimum Gasteiger partial charge on any atom is -0.480 e. The molecule has 0 fully saturated rings. The summed E-state index contributed by atoms with van der Waals surface area (Å²) >= 11 is 12.8. The Kier molecular flexibility index (Phi) is 8.04. The Balaban J connectivity index is 1.23. The number of fused-ring (bicyclic) bond motifs is 1. The van der Waals surface area contributed by atoms with Gasteiger partial charge in [0.05, 0.1) is 40.2 Å². The Hall–Kier alpha value is -4.34. The number of rotatable bonds is 8. The summed E-state index contributed by atoms with van der Waals surface area (Å²) in [6.07, 6.45) is 5.01. The Morgan fingerprint density at radius 1 is 1.02 bits per heavy atom. The van der Waals surface area contributed by atoms with E-state index in [4.69, 9.17) is 23.2 Å². The van der Waals surface area contributed by atoms with E-state index in [1.807, 2.05) is 54.6 Å². The second kappa shape index (κ2) is 11.8. The van der Waals surface area contributed by atoms with E-state index in [-0.39, 0.29) is 28.2 Å². The van der Waals surface area contributed by atoms with Gasteiger partial charge in [0.1, 0.15) is 6.04 Å². The van der Waals surface area contributed by atoms with E-state index in [9.17, 15) is 19.5 Å². The van der Waals surface area contributed by atoms with Crippen LogP contribution < -0.4 is 16.0 Å². The van der Waals surface area contributed by atoms with Crippen LogP contribution in [-0.4, -0.2) is 45.2 Å². The fourth-order valence-corrected chi connectivity index (χ4v) is 5.34. The van der Waals surface area contributed by atoms with Gasteiger partial charge in [-0.25, -0.2) is 14.6 Å². The number of urea groups is 1. The molecule has 0 spiro atoms. The van der Waals surface area contributed by atoms with E-state index >= 15 is 0 Å². The van der Waals surface area contributed by atoms with Gasteiger partial charge in [0.15, 0.2) is 0 Å². The van der Waals surface area contributed by atoms with Crippen molar-refractivity contribution in [2.75, 3.05) is 6.54 Å². The van der Waals surface area contributed by atoms with Crippen LogP contribution in [0.3, 0.4) is 0 Å². The van der Waals surface area contributed by atoms with Gasteiger partial charge >= 0.3 is 12.0 Å². The third kappa shape index (κ3) is 5.95. The number of benzene rings is 3. The number of aryl methyl sites for hydroxylation is 1. The summed E-state index contributed by atoms with van der Waals surface area (Å²) in [6.45, 7) is -0.341. The molecule has 1 aliphatic rings. The van der Waals surface area contributed by atoms with Crippen molar-refractivity contribution in [3.63, 3.8) is 0 Å². The van der Waals surface area contributed by atoms with Crippen molar-refractivity contribution >= 4 is 41.1 Å². The highest BCUT2D eigenvalue weighted by molar-refractivity contribution is 6.40. The SMILES string of the molecule is O=C(NCC(NC(=O)c1c(Cl)cc(-n2cnc(-c3ccccc3)c2)cc1Cl)C(=O)O)N[C@@H]1CCc2ccccc21. The van der Waals surface area contributed by atoms with Crippen molar-refractivity contribution < 1.29 is 19.5 Å². The van der Waals surface area contributed by atoms with Crippen LogP contribution in [0.25, 0.3) is 16.9 Å². The zero-order valence-corrected chi connectivity index (χ0v) is 22.6. The Morgan fingerprint density at radius 2 is 1.73 bits per heavy atom. The van der Waals surface area contributed by atoms with Gasteiger partial charge in [0.25, 0.3) is 5.91 Å². The number of carboxylic acids is 1. The minimum absolute atomic E-state index is 0.0321. The number of halogens is 2. The summed E-state index contributed by atoms with van der Waals surface area (Å²) in [4.78, 5) is 41.8. The fourth-order valence-electron chi connectivity index (χ4n) is 4.69. The highest BCUT2D eigenvalue weighted by Crippen LogP contribution is 2.31. The molecule has 1 aliphatic carbocycles. The quantitative estimate of drug-likeness (QED) is 0.234. The third-order valence-corrected chi connectivity index (χ3v) is 7.31. The molecule has 9 nitrogen and oxygen atoms in total. The summed E-state index contributed by atoms with van der Waals surface area (Å²) < 4.78 is 1.72. The summed E-state index contributed by atoms with van der Waals surface area (Å²) in [5.41, 5.74) is 4.39. The van der Waals surface area contributed by atoms with Crippen molar-refractivity contribution in [1.29, 1.82) is 0 Å². The van der Waals surface area contributed by atoms with Gasteiger partial charge in [0, 0.05) is 17.4 Å². The number of carbonyl (C=O) groups excluding carboxylic acids is 2. The maximum atomic E-state index is 13.0. The molecule has 3 aromatic carbocycles. The number of aromatic nitrogens is 2. The highest BCUT2D eigenvalue weighted by atomic mass is 35.5. The first-order valence-electron chi connectivity index (χ1n) is 12.5. The lowest BCUT2D eigenvalue weighted by Gasteiger charge is -2.19. The lowest BCUT2D eigenvalue weighted by molar-refractivity contribution is -0.139. The monoisotopic (exact) mass is 577 g/mol. The summed E-state index contributed by atoms with van der Waals surface area (Å²) in [6, 6.07) is 18.4. The summed E-state index contributed by atoms with van der Waals surface area (Å²) in [5, 5.41) is 17.5. The van der Waals surface area contributed by atoms with Crippen molar-refractivity contribution in [2.24, 2.45) is 0 Å². The molecule has 0 radical (unpaired) electrons. The fraction of sp³-hybridized carbons (Fsp3) is 0.172.